The Morgan fingerprint density at radius 1 is 1.58 bits per heavy atom. The minimum Gasteiger partial charge on any atom is -0.396 e. The van der Waals surface area contributed by atoms with Gasteiger partial charge in [-0.15, -0.1) is 0 Å². The van der Waals surface area contributed by atoms with E-state index in [0.717, 1.165) is 19.4 Å². The molecule has 2 rings (SSSR count). The number of carbonyl (C=O) groups is 1. The Hall–Kier alpha value is -1.14. The molecule has 19 heavy (non-hydrogen) atoms. The Morgan fingerprint density at radius 3 is 3.05 bits per heavy atom. The third-order valence-corrected chi connectivity index (χ3v) is 3.79. The highest BCUT2D eigenvalue weighted by atomic mass is 79.9. The maximum atomic E-state index is 13.2. The summed E-state index contributed by atoms with van der Waals surface area (Å²) in [6.07, 6.45) is 2.07. The highest BCUT2D eigenvalue weighted by molar-refractivity contribution is 9.10. The summed E-state index contributed by atoms with van der Waals surface area (Å²) in [6, 6.07) is 2.54. The third-order valence-electron chi connectivity index (χ3n) is 3.14. The SMILES string of the molecule is Nc1cc(C(=O)NCC2CCCOC2)c(Br)cc1F. The molecule has 3 N–H and O–H groups in total. The molecule has 6 heteroatoms. The van der Waals surface area contributed by atoms with Crippen LogP contribution >= 0.6 is 15.9 Å². The third kappa shape index (κ3) is 3.67. The van der Waals surface area contributed by atoms with Gasteiger partial charge < -0.3 is 15.8 Å². The number of ether oxygens (including phenoxy) is 1. The summed E-state index contributed by atoms with van der Waals surface area (Å²) < 4.78 is 18.9. The predicted octanol–water partition coefficient (Wildman–Crippen LogP) is 2.33. The van der Waals surface area contributed by atoms with Crippen LogP contribution in [0.15, 0.2) is 16.6 Å². The minimum atomic E-state index is -0.538. The lowest BCUT2D eigenvalue weighted by Crippen LogP contribution is -2.33. The van der Waals surface area contributed by atoms with Gasteiger partial charge in [0.15, 0.2) is 0 Å². The number of hydrogen-bond donors (Lipinski definition) is 2. The summed E-state index contributed by atoms with van der Waals surface area (Å²) in [6.45, 7) is 2.03. The van der Waals surface area contributed by atoms with Gasteiger partial charge in [0.2, 0.25) is 0 Å². The number of nitrogen functional groups attached to an aromatic ring is 1. The first-order valence-corrected chi connectivity index (χ1v) is 6.97. The van der Waals surface area contributed by atoms with Crippen molar-refractivity contribution in [3.8, 4) is 0 Å². The molecule has 0 aliphatic carbocycles. The van der Waals surface area contributed by atoms with E-state index >= 15 is 0 Å². The Bertz CT molecular complexity index is 476. The van der Waals surface area contributed by atoms with Crippen LogP contribution in [-0.2, 0) is 4.74 Å². The summed E-state index contributed by atoms with van der Waals surface area (Å²) in [7, 11) is 0. The highest BCUT2D eigenvalue weighted by Gasteiger charge is 2.17. The smallest absolute Gasteiger partial charge is 0.252 e. The monoisotopic (exact) mass is 330 g/mol. The van der Waals surface area contributed by atoms with E-state index in [-0.39, 0.29) is 11.6 Å². The normalized spacial score (nSPS) is 19.2. The number of nitrogens with two attached hydrogens (primary N) is 1. The average molecular weight is 331 g/mol. The van der Waals surface area contributed by atoms with Gasteiger partial charge >= 0.3 is 0 Å². The lowest BCUT2D eigenvalue weighted by Gasteiger charge is -2.22. The molecule has 0 bridgehead atoms. The molecule has 0 spiro atoms. The summed E-state index contributed by atoms with van der Waals surface area (Å²) in [5, 5.41) is 2.83. The van der Waals surface area contributed by atoms with Crippen molar-refractivity contribution >= 4 is 27.5 Å². The second-order valence-corrected chi connectivity index (χ2v) is 5.50. The summed E-state index contributed by atoms with van der Waals surface area (Å²) in [5.74, 6) is -0.456. The van der Waals surface area contributed by atoms with Crippen molar-refractivity contribution < 1.29 is 13.9 Å². The fraction of sp³-hybridized carbons (Fsp3) is 0.462. The van der Waals surface area contributed by atoms with Gasteiger partial charge in [-0.25, -0.2) is 4.39 Å². The standard InChI is InChI=1S/C13H16BrFN2O2/c14-10-5-11(15)12(16)4-9(10)13(18)17-6-8-2-1-3-19-7-8/h4-5,8H,1-3,6-7,16H2,(H,17,18). The van der Waals surface area contributed by atoms with Gasteiger partial charge in [-0.2, -0.15) is 0 Å². The number of benzene rings is 1. The fourth-order valence-electron chi connectivity index (χ4n) is 2.04. The highest BCUT2D eigenvalue weighted by Crippen LogP contribution is 2.23. The quantitative estimate of drug-likeness (QED) is 0.836. The molecule has 4 nitrogen and oxygen atoms in total. The van der Waals surface area contributed by atoms with Gasteiger partial charge in [0.25, 0.3) is 5.91 Å². The van der Waals surface area contributed by atoms with Crippen LogP contribution in [0.1, 0.15) is 23.2 Å². The number of amides is 1. The number of rotatable bonds is 3. The van der Waals surface area contributed by atoms with E-state index < -0.39 is 5.82 Å². The van der Waals surface area contributed by atoms with E-state index in [1.165, 1.54) is 12.1 Å². The van der Waals surface area contributed by atoms with E-state index in [2.05, 4.69) is 21.2 Å². The first-order chi connectivity index (χ1) is 9.08. The van der Waals surface area contributed by atoms with Gasteiger partial charge in [0.1, 0.15) is 5.82 Å². The lowest BCUT2D eigenvalue weighted by atomic mass is 10.0. The maximum absolute atomic E-state index is 13.2. The number of anilines is 1. The number of halogens is 2. The van der Waals surface area contributed by atoms with Crippen molar-refractivity contribution in [2.45, 2.75) is 12.8 Å². The Balaban J connectivity index is 1.97. The molecule has 104 valence electrons. The van der Waals surface area contributed by atoms with Crippen LogP contribution in [0.3, 0.4) is 0 Å². The lowest BCUT2D eigenvalue weighted by molar-refractivity contribution is 0.0536. The first-order valence-electron chi connectivity index (χ1n) is 6.18. The van der Waals surface area contributed by atoms with Crippen LogP contribution in [0.25, 0.3) is 0 Å². The molecule has 1 aromatic carbocycles. The maximum Gasteiger partial charge on any atom is 0.252 e. The molecule has 1 aliphatic heterocycles. The molecule has 0 aromatic heterocycles. The molecule has 1 atom stereocenters. The molecule has 1 heterocycles. The second-order valence-electron chi connectivity index (χ2n) is 4.65. The number of hydrogen-bond acceptors (Lipinski definition) is 3. The largest absolute Gasteiger partial charge is 0.396 e. The molecule has 1 amide bonds. The predicted molar refractivity (Wildman–Crippen MR) is 74.4 cm³/mol. The molecule has 0 radical (unpaired) electrons. The Kier molecular flexibility index (Phi) is 4.76. The van der Waals surface area contributed by atoms with Crippen molar-refractivity contribution in [2.75, 3.05) is 25.5 Å². The van der Waals surface area contributed by atoms with Gasteiger partial charge in [0.05, 0.1) is 17.9 Å². The van der Waals surface area contributed by atoms with Crippen molar-refractivity contribution in [2.24, 2.45) is 5.92 Å². The molecule has 1 aliphatic rings. The fourth-order valence-corrected chi connectivity index (χ4v) is 2.54. The zero-order valence-corrected chi connectivity index (χ0v) is 12.0. The Morgan fingerprint density at radius 2 is 2.37 bits per heavy atom. The van der Waals surface area contributed by atoms with Gasteiger partial charge in [-0.05, 0) is 46.8 Å². The Labute approximate surface area is 119 Å². The zero-order valence-electron chi connectivity index (χ0n) is 10.4. The zero-order chi connectivity index (χ0) is 13.8. The van der Waals surface area contributed by atoms with Crippen LogP contribution in [-0.4, -0.2) is 25.7 Å². The van der Waals surface area contributed by atoms with Crippen molar-refractivity contribution in [3.63, 3.8) is 0 Å². The molecule has 1 fully saturated rings. The minimum absolute atomic E-state index is 0.0330. The van der Waals surface area contributed by atoms with Crippen LogP contribution in [0.4, 0.5) is 10.1 Å². The molecule has 1 unspecified atom stereocenters. The van der Waals surface area contributed by atoms with E-state index in [9.17, 15) is 9.18 Å². The molecule has 0 saturated carbocycles. The van der Waals surface area contributed by atoms with Crippen molar-refractivity contribution in [1.29, 1.82) is 0 Å². The molecule has 1 saturated heterocycles. The first kappa shape index (κ1) is 14.3. The van der Waals surface area contributed by atoms with E-state index in [0.29, 0.717) is 29.1 Å². The van der Waals surface area contributed by atoms with E-state index in [1.807, 2.05) is 0 Å². The molecule has 1 aromatic rings. The van der Waals surface area contributed by atoms with Crippen LogP contribution in [0.2, 0.25) is 0 Å². The summed E-state index contributed by atoms with van der Waals surface area (Å²) in [5.41, 5.74) is 5.78. The van der Waals surface area contributed by atoms with Gasteiger partial charge in [-0.1, -0.05) is 0 Å². The number of nitrogens with one attached hydrogen (secondary N) is 1. The molecular formula is C13H16BrFN2O2. The molecular weight excluding hydrogens is 315 g/mol. The second kappa shape index (κ2) is 6.34. The average Bonchev–Trinajstić information content (AvgIpc) is 2.41. The summed E-state index contributed by atoms with van der Waals surface area (Å²) >= 11 is 3.17. The topological polar surface area (TPSA) is 64.4 Å². The number of carbonyl (C=O) groups excluding carboxylic acids is 1. The summed E-state index contributed by atoms with van der Waals surface area (Å²) in [4.78, 5) is 12.0. The van der Waals surface area contributed by atoms with E-state index in [1.54, 1.807) is 0 Å². The van der Waals surface area contributed by atoms with Gasteiger partial charge in [-0.3, -0.25) is 4.79 Å². The van der Waals surface area contributed by atoms with Crippen molar-refractivity contribution in [3.05, 3.63) is 28.0 Å². The van der Waals surface area contributed by atoms with Gasteiger partial charge in [0, 0.05) is 17.6 Å². The van der Waals surface area contributed by atoms with Crippen LogP contribution in [0, 0.1) is 11.7 Å². The van der Waals surface area contributed by atoms with Crippen molar-refractivity contribution in [1.82, 2.24) is 5.32 Å². The van der Waals surface area contributed by atoms with Crippen LogP contribution in [0.5, 0.6) is 0 Å². The van der Waals surface area contributed by atoms with E-state index in [4.69, 9.17) is 10.5 Å². The van der Waals surface area contributed by atoms with Crippen LogP contribution < -0.4 is 11.1 Å².